The summed E-state index contributed by atoms with van der Waals surface area (Å²) < 4.78 is 11.8. The summed E-state index contributed by atoms with van der Waals surface area (Å²) in [4.78, 5) is 59.7. The van der Waals surface area contributed by atoms with Crippen LogP contribution in [0.25, 0.3) is 11.0 Å². The summed E-state index contributed by atoms with van der Waals surface area (Å²) in [5.74, 6) is -4.44. The van der Waals surface area contributed by atoms with Gasteiger partial charge >= 0.3 is 18.0 Å². The van der Waals surface area contributed by atoms with Crippen molar-refractivity contribution in [2.75, 3.05) is 11.5 Å². The fourth-order valence-corrected chi connectivity index (χ4v) is 5.33. The van der Waals surface area contributed by atoms with Gasteiger partial charge in [-0.25, -0.2) is 9.59 Å². The van der Waals surface area contributed by atoms with Gasteiger partial charge in [0.25, 0.3) is 11.8 Å². The number of anilines is 1. The van der Waals surface area contributed by atoms with Crippen LogP contribution in [0.1, 0.15) is 19.7 Å². The quantitative estimate of drug-likeness (QED) is 0.112. The molecule has 3 aromatic rings. The minimum atomic E-state index is -1.82. The summed E-state index contributed by atoms with van der Waals surface area (Å²) in [7, 11) is 0. The van der Waals surface area contributed by atoms with E-state index in [2.05, 4.69) is 25.1 Å². The SMILES string of the molecule is CC(C)(O/N=C(/C(=O)NC1C(=O)N2C(C(=O)O)=C(C[n+]3ccc4ccoc4c3)CSC12)c1noc(N)n1)C(=O)O. The second kappa shape index (κ2) is 9.99. The first-order valence-electron chi connectivity index (χ1n) is 11.6. The molecule has 0 spiro atoms. The second-order valence-electron chi connectivity index (χ2n) is 9.28. The molecule has 5 N–H and O–H groups in total. The fraction of sp³-hybridized carbons (Fsp3) is 0.304. The lowest BCUT2D eigenvalue weighted by molar-refractivity contribution is -0.688. The average Bonchev–Trinajstić information content (AvgIpc) is 3.55. The molecular formula is C23H22N7O9S+. The Kier molecular flexibility index (Phi) is 6.66. The highest BCUT2D eigenvalue weighted by Gasteiger charge is 2.55. The molecule has 3 aromatic heterocycles. The second-order valence-corrected chi connectivity index (χ2v) is 10.4. The number of aliphatic carboxylic acids is 2. The van der Waals surface area contributed by atoms with E-state index in [9.17, 15) is 29.4 Å². The third-order valence-electron chi connectivity index (χ3n) is 6.11. The van der Waals surface area contributed by atoms with Gasteiger partial charge in [-0.15, -0.1) is 11.8 Å². The number of furan rings is 1. The van der Waals surface area contributed by atoms with Gasteiger partial charge in [-0.1, -0.05) is 10.3 Å². The van der Waals surface area contributed by atoms with Crippen LogP contribution in [-0.4, -0.2) is 77.5 Å². The van der Waals surface area contributed by atoms with Crippen LogP contribution < -0.4 is 15.6 Å². The lowest BCUT2D eigenvalue weighted by Crippen LogP contribution is -2.71. The van der Waals surface area contributed by atoms with Crippen LogP contribution in [0.15, 0.2) is 56.2 Å². The Morgan fingerprint density at radius 2 is 2.12 bits per heavy atom. The first-order chi connectivity index (χ1) is 19.0. The van der Waals surface area contributed by atoms with Crippen molar-refractivity contribution in [3.05, 3.63) is 47.9 Å². The van der Waals surface area contributed by atoms with E-state index in [1.54, 1.807) is 29.3 Å². The number of carbonyl (C=O) groups is 4. The standard InChI is InChI=1S/C23H21N7O9S/c1-23(2,21(35)36)39-27-13(16-26-22(24)38-28-16)17(31)25-14-18(32)30-15(20(33)34)11(9-40-19(14)30)7-29-5-3-10-4-6-37-12(10)8-29/h3-6,8,14,19H,7,9H2,1-2H3,(H4-,24,25,26,28,31,33,34,35,36)/p+1/b27-13+. The molecule has 1 fully saturated rings. The molecule has 2 atom stereocenters. The largest absolute Gasteiger partial charge is 0.478 e. The Morgan fingerprint density at radius 1 is 1.35 bits per heavy atom. The molecule has 5 rings (SSSR count). The van der Waals surface area contributed by atoms with E-state index in [1.807, 2.05) is 6.07 Å². The number of oxime groups is 1. The molecule has 2 aliphatic rings. The maximum Gasteiger partial charge on any atom is 0.352 e. The lowest BCUT2D eigenvalue weighted by atomic mass is 10.0. The van der Waals surface area contributed by atoms with Crippen LogP contribution in [0, 0.1) is 0 Å². The van der Waals surface area contributed by atoms with Gasteiger partial charge in [0.1, 0.15) is 17.1 Å². The number of nitrogens with two attached hydrogens (primary N) is 1. The van der Waals surface area contributed by atoms with Crippen molar-refractivity contribution in [2.45, 2.75) is 37.4 Å². The predicted octanol–water partition coefficient (Wildman–Crippen LogP) is -0.292. The van der Waals surface area contributed by atoms with E-state index in [0.29, 0.717) is 11.2 Å². The Balaban J connectivity index is 1.36. The van der Waals surface area contributed by atoms with Gasteiger partial charge in [-0.05, 0) is 19.9 Å². The number of nitrogens with one attached hydrogen (secondary N) is 1. The number of aromatic nitrogens is 3. The Hall–Kier alpha value is -4.93. The number of nitrogens with zero attached hydrogens (tertiary/aromatic N) is 5. The molecule has 40 heavy (non-hydrogen) atoms. The van der Waals surface area contributed by atoms with Crippen LogP contribution in [0.3, 0.4) is 0 Å². The Bertz CT molecular complexity index is 1610. The summed E-state index contributed by atoms with van der Waals surface area (Å²) in [5.41, 5.74) is 3.97. The minimum absolute atomic E-state index is 0.169. The van der Waals surface area contributed by atoms with Crippen molar-refractivity contribution in [1.29, 1.82) is 0 Å². The summed E-state index contributed by atoms with van der Waals surface area (Å²) in [5, 5.41) is 29.0. The highest BCUT2D eigenvalue weighted by atomic mass is 32.2. The van der Waals surface area contributed by atoms with Crippen molar-refractivity contribution in [1.82, 2.24) is 20.4 Å². The van der Waals surface area contributed by atoms with Crippen LogP contribution in [0.2, 0.25) is 0 Å². The molecule has 2 amide bonds. The smallest absolute Gasteiger partial charge is 0.352 e. The van der Waals surface area contributed by atoms with E-state index in [-0.39, 0.29) is 18.0 Å². The topological polar surface area (TPSA) is 228 Å². The number of amides is 2. The predicted molar refractivity (Wildman–Crippen MR) is 134 cm³/mol. The summed E-state index contributed by atoms with van der Waals surface area (Å²) in [6.45, 7) is 2.60. The number of fused-ring (bicyclic) bond motifs is 2. The van der Waals surface area contributed by atoms with Crippen LogP contribution >= 0.6 is 11.8 Å². The summed E-state index contributed by atoms with van der Waals surface area (Å²) in [6.07, 6.45) is 5.06. The molecule has 1 saturated heterocycles. The van der Waals surface area contributed by atoms with E-state index < -0.39 is 58.3 Å². The number of pyridine rings is 1. The molecule has 0 radical (unpaired) electrons. The zero-order valence-electron chi connectivity index (χ0n) is 20.9. The number of rotatable bonds is 9. The lowest BCUT2D eigenvalue weighted by Gasteiger charge is -2.49. The number of carboxylic acid groups (broad SMARTS) is 2. The monoisotopic (exact) mass is 572 g/mol. The van der Waals surface area contributed by atoms with Crippen LogP contribution in [0.5, 0.6) is 0 Å². The molecule has 0 aliphatic carbocycles. The van der Waals surface area contributed by atoms with Gasteiger partial charge in [0.15, 0.2) is 18.3 Å². The zero-order chi connectivity index (χ0) is 28.8. The highest BCUT2D eigenvalue weighted by molar-refractivity contribution is 8.00. The van der Waals surface area contributed by atoms with Crippen molar-refractivity contribution < 1.29 is 47.7 Å². The van der Waals surface area contributed by atoms with Crippen LogP contribution in [-0.2, 0) is 30.6 Å². The first-order valence-corrected chi connectivity index (χ1v) is 12.7. The molecule has 17 heteroatoms. The zero-order valence-corrected chi connectivity index (χ0v) is 21.7. The fourth-order valence-electron chi connectivity index (χ4n) is 3.99. The number of nitrogen functional groups attached to an aromatic ring is 1. The Morgan fingerprint density at radius 3 is 2.80 bits per heavy atom. The van der Waals surface area contributed by atoms with Crippen molar-refractivity contribution in [2.24, 2.45) is 5.16 Å². The van der Waals surface area contributed by atoms with Crippen molar-refractivity contribution in [3.8, 4) is 0 Å². The molecule has 2 aliphatic heterocycles. The van der Waals surface area contributed by atoms with E-state index >= 15 is 0 Å². The Labute approximate surface area is 228 Å². The first kappa shape index (κ1) is 26.7. The van der Waals surface area contributed by atoms with Gasteiger partial charge in [0, 0.05) is 22.8 Å². The van der Waals surface area contributed by atoms with Gasteiger partial charge in [-0.3, -0.25) is 14.5 Å². The molecular weight excluding hydrogens is 550 g/mol. The molecule has 5 heterocycles. The van der Waals surface area contributed by atoms with Gasteiger partial charge in [0.05, 0.1) is 6.26 Å². The molecule has 0 bridgehead atoms. The van der Waals surface area contributed by atoms with Gasteiger partial charge in [-0.2, -0.15) is 9.55 Å². The van der Waals surface area contributed by atoms with Crippen molar-refractivity contribution in [3.63, 3.8) is 0 Å². The maximum atomic E-state index is 13.1. The van der Waals surface area contributed by atoms with Gasteiger partial charge in [0.2, 0.25) is 23.3 Å². The third kappa shape index (κ3) is 4.81. The maximum absolute atomic E-state index is 13.1. The summed E-state index contributed by atoms with van der Waals surface area (Å²) >= 11 is 1.27. The molecule has 2 unspecified atom stereocenters. The molecule has 0 aromatic carbocycles. The number of thioether (sulfide) groups is 1. The van der Waals surface area contributed by atoms with Crippen LogP contribution in [0.4, 0.5) is 6.01 Å². The molecule has 16 nitrogen and oxygen atoms in total. The highest BCUT2D eigenvalue weighted by Crippen LogP contribution is 2.40. The van der Waals surface area contributed by atoms with Crippen molar-refractivity contribution >= 4 is 58.2 Å². The molecule has 0 saturated carbocycles. The third-order valence-corrected chi connectivity index (χ3v) is 7.45. The van der Waals surface area contributed by atoms with E-state index in [0.717, 1.165) is 10.3 Å². The number of hydrogen-bond acceptors (Lipinski definition) is 12. The molecule has 208 valence electrons. The number of β-lactam (4-membered cyclic amide) rings is 1. The normalized spacial score (nSPS) is 19.3. The number of carboxylic acids is 2. The minimum Gasteiger partial charge on any atom is -0.478 e. The average molecular weight is 573 g/mol. The number of hydrogen-bond donors (Lipinski definition) is 4. The van der Waals surface area contributed by atoms with E-state index in [4.69, 9.17) is 15.0 Å². The number of carbonyl (C=O) groups excluding carboxylic acids is 2. The van der Waals surface area contributed by atoms with E-state index in [1.165, 1.54) is 25.6 Å². The van der Waals surface area contributed by atoms with Gasteiger partial charge < -0.3 is 35.0 Å². The summed E-state index contributed by atoms with van der Waals surface area (Å²) in [6, 6.07) is 2.12.